The molecule has 0 aromatic rings. The molecule has 1 aliphatic rings. The van der Waals surface area contributed by atoms with Crippen molar-refractivity contribution in [2.75, 3.05) is 0 Å². The predicted octanol–water partition coefficient (Wildman–Crippen LogP) is 4.85. The Morgan fingerprint density at radius 2 is 1.88 bits per heavy atom. The standard InChI is InChI=1S/C22H38O4/c1-2-3-4-5-8-11-19(23)16-14-18-15-17-21(24)20(18)12-9-6-7-10-13-22(25)26/h6,9,14,16,18-21,23-24H,2-5,7-8,10-13,15,17H2,1H3,(H,25,26)/b9-6+,16-14+. The SMILES string of the molecule is CCCCCCCC(O)/C=C/C1CCC(O)C1C/C=C/CCCC(=O)O. The van der Waals surface area contributed by atoms with E-state index < -0.39 is 5.97 Å². The summed E-state index contributed by atoms with van der Waals surface area (Å²) < 4.78 is 0. The number of allylic oxidation sites excluding steroid dienone is 3. The number of carboxylic acids is 1. The summed E-state index contributed by atoms with van der Waals surface area (Å²) in [4.78, 5) is 10.5. The Hall–Kier alpha value is -1.13. The molecule has 1 saturated carbocycles. The number of aliphatic carboxylic acids is 1. The monoisotopic (exact) mass is 366 g/mol. The van der Waals surface area contributed by atoms with Gasteiger partial charge < -0.3 is 15.3 Å². The second-order valence-electron chi connectivity index (χ2n) is 7.62. The minimum atomic E-state index is -0.751. The van der Waals surface area contributed by atoms with E-state index in [1.54, 1.807) is 0 Å². The van der Waals surface area contributed by atoms with Gasteiger partial charge in [0.15, 0.2) is 0 Å². The van der Waals surface area contributed by atoms with Crippen LogP contribution < -0.4 is 0 Å². The number of aliphatic hydroxyl groups excluding tert-OH is 2. The maximum absolute atomic E-state index is 10.5. The number of rotatable bonds is 14. The Balaban J connectivity index is 2.30. The lowest BCUT2D eigenvalue weighted by molar-refractivity contribution is -0.137. The van der Waals surface area contributed by atoms with Crippen molar-refractivity contribution >= 4 is 5.97 Å². The number of unbranched alkanes of at least 4 members (excludes halogenated alkanes) is 5. The predicted molar refractivity (Wildman–Crippen MR) is 106 cm³/mol. The lowest BCUT2D eigenvalue weighted by Gasteiger charge is -2.18. The highest BCUT2D eigenvalue weighted by Gasteiger charge is 2.32. The van der Waals surface area contributed by atoms with Gasteiger partial charge in [0, 0.05) is 6.42 Å². The fourth-order valence-electron chi connectivity index (χ4n) is 3.71. The molecule has 0 spiro atoms. The normalized spacial score (nSPS) is 24.7. The molecule has 0 saturated heterocycles. The molecule has 0 radical (unpaired) electrons. The van der Waals surface area contributed by atoms with Crippen LogP contribution in [0.15, 0.2) is 24.3 Å². The zero-order chi connectivity index (χ0) is 19.2. The second kappa shape index (κ2) is 14.0. The molecule has 150 valence electrons. The third-order valence-electron chi connectivity index (χ3n) is 5.36. The van der Waals surface area contributed by atoms with E-state index in [-0.39, 0.29) is 24.5 Å². The van der Waals surface area contributed by atoms with E-state index in [2.05, 4.69) is 19.1 Å². The van der Waals surface area contributed by atoms with E-state index in [9.17, 15) is 15.0 Å². The summed E-state index contributed by atoms with van der Waals surface area (Å²) in [6, 6.07) is 0. The summed E-state index contributed by atoms with van der Waals surface area (Å²) >= 11 is 0. The number of carboxylic acid groups (broad SMARTS) is 1. The Morgan fingerprint density at radius 3 is 2.62 bits per heavy atom. The largest absolute Gasteiger partial charge is 0.481 e. The van der Waals surface area contributed by atoms with Crippen LogP contribution in [0.2, 0.25) is 0 Å². The molecule has 0 heterocycles. The van der Waals surface area contributed by atoms with Crippen molar-refractivity contribution in [2.45, 2.75) is 96.2 Å². The molecular formula is C22H38O4. The number of hydrogen-bond acceptors (Lipinski definition) is 3. The maximum atomic E-state index is 10.5. The van der Waals surface area contributed by atoms with Gasteiger partial charge in [-0.2, -0.15) is 0 Å². The smallest absolute Gasteiger partial charge is 0.303 e. The molecule has 3 N–H and O–H groups in total. The molecule has 4 unspecified atom stereocenters. The van der Waals surface area contributed by atoms with E-state index in [0.29, 0.717) is 12.3 Å². The molecule has 0 amide bonds. The Kier molecular flexibility index (Phi) is 12.3. The highest BCUT2D eigenvalue weighted by Crippen LogP contribution is 2.36. The molecule has 4 atom stereocenters. The Labute approximate surface area is 159 Å². The van der Waals surface area contributed by atoms with Crippen molar-refractivity contribution < 1.29 is 20.1 Å². The molecule has 0 aromatic heterocycles. The zero-order valence-corrected chi connectivity index (χ0v) is 16.4. The molecule has 26 heavy (non-hydrogen) atoms. The van der Waals surface area contributed by atoms with E-state index in [1.165, 1.54) is 25.7 Å². The summed E-state index contributed by atoms with van der Waals surface area (Å²) in [5.41, 5.74) is 0. The summed E-state index contributed by atoms with van der Waals surface area (Å²) in [5.74, 6) is -0.221. The van der Waals surface area contributed by atoms with Gasteiger partial charge in [-0.1, -0.05) is 63.3 Å². The van der Waals surface area contributed by atoms with Gasteiger partial charge in [0.05, 0.1) is 12.2 Å². The first-order chi connectivity index (χ1) is 12.5. The minimum absolute atomic E-state index is 0.206. The van der Waals surface area contributed by atoms with Gasteiger partial charge in [-0.15, -0.1) is 0 Å². The van der Waals surface area contributed by atoms with Crippen LogP contribution in [-0.4, -0.2) is 33.5 Å². The van der Waals surface area contributed by atoms with Crippen LogP contribution in [-0.2, 0) is 4.79 Å². The van der Waals surface area contributed by atoms with Crippen LogP contribution in [0, 0.1) is 11.8 Å². The summed E-state index contributed by atoms with van der Waals surface area (Å²) in [5, 5.41) is 29.0. The first kappa shape index (κ1) is 22.9. The molecule has 4 nitrogen and oxygen atoms in total. The van der Waals surface area contributed by atoms with Gasteiger partial charge in [0.25, 0.3) is 0 Å². The van der Waals surface area contributed by atoms with Crippen molar-refractivity contribution in [1.82, 2.24) is 0 Å². The molecular weight excluding hydrogens is 328 g/mol. The van der Waals surface area contributed by atoms with Crippen LogP contribution in [0.25, 0.3) is 0 Å². The van der Waals surface area contributed by atoms with Crippen molar-refractivity contribution in [3.63, 3.8) is 0 Å². The average molecular weight is 367 g/mol. The van der Waals surface area contributed by atoms with Crippen LogP contribution in [0.5, 0.6) is 0 Å². The first-order valence-corrected chi connectivity index (χ1v) is 10.5. The highest BCUT2D eigenvalue weighted by atomic mass is 16.4. The van der Waals surface area contributed by atoms with Crippen LogP contribution in [0.3, 0.4) is 0 Å². The fraction of sp³-hybridized carbons (Fsp3) is 0.773. The molecule has 1 fully saturated rings. The van der Waals surface area contributed by atoms with Crippen molar-refractivity contribution in [3.05, 3.63) is 24.3 Å². The third-order valence-corrected chi connectivity index (χ3v) is 5.36. The molecule has 4 heteroatoms. The van der Waals surface area contributed by atoms with Crippen LogP contribution in [0.1, 0.15) is 84.0 Å². The van der Waals surface area contributed by atoms with E-state index in [0.717, 1.165) is 38.5 Å². The number of carbonyl (C=O) groups is 1. The lowest BCUT2D eigenvalue weighted by atomic mass is 9.90. The van der Waals surface area contributed by atoms with Crippen LogP contribution in [0.4, 0.5) is 0 Å². The van der Waals surface area contributed by atoms with Crippen molar-refractivity contribution in [2.24, 2.45) is 11.8 Å². The lowest BCUT2D eigenvalue weighted by Crippen LogP contribution is -2.17. The summed E-state index contributed by atoms with van der Waals surface area (Å²) in [6.45, 7) is 2.20. The summed E-state index contributed by atoms with van der Waals surface area (Å²) in [7, 11) is 0. The molecule has 1 rings (SSSR count). The quantitative estimate of drug-likeness (QED) is 0.303. The summed E-state index contributed by atoms with van der Waals surface area (Å²) in [6.07, 6.45) is 18.6. The maximum Gasteiger partial charge on any atom is 0.303 e. The minimum Gasteiger partial charge on any atom is -0.481 e. The van der Waals surface area contributed by atoms with Gasteiger partial charge in [0.1, 0.15) is 0 Å². The van der Waals surface area contributed by atoms with E-state index in [4.69, 9.17) is 5.11 Å². The first-order valence-electron chi connectivity index (χ1n) is 10.5. The second-order valence-corrected chi connectivity index (χ2v) is 7.62. The van der Waals surface area contributed by atoms with Crippen molar-refractivity contribution in [3.8, 4) is 0 Å². The van der Waals surface area contributed by atoms with E-state index in [1.807, 2.05) is 12.2 Å². The average Bonchev–Trinajstić information content (AvgIpc) is 2.95. The number of aliphatic hydroxyl groups is 2. The Morgan fingerprint density at radius 1 is 1.12 bits per heavy atom. The van der Waals surface area contributed by atoms with Gasteiger partial charge in [-0.05, 0) is 50.4 Å². The highest BCUT2D eigenvalue weighted by molar-refractivity contribution is 5.66. The van der Waals surface area contributed by atoms with E-state index >= 15 is 0 Å². The zero-order valence-electron chi connectivity index (χ0n) is 16.4. The van der Waals surface area contributed by atoms with Crippen LogP contribution >= 0.6 is 0 Å². The van der Waals surface area contributed by atoms with Gasteiger partial charge >= 0.3 is 5.97 Å². The molecule has 0 bridgehead atoms. The van der Waals surface area contributed by atoms with Gasteiger partial charge in [0.2, 0.25) is 0 Å². The van der Waals surface area contributed by atoms with Gasteiger partial charge in [-0.25, -0.2) is 0 Å². The molecule has 0 aromatic carbocycles. The van der Waals surface area contributed by atoms with Gasteiger partial charge in [-0.3, -0.25) is 4.79 Å². The molecule has 1 aliphatic carbocycles. The molecule has 0 aliphatic heterocycles. The fourth-order valence-corrected chi connectivity index (χ4v) is 3.71. The topological polar surface area (TPSA) is 77.8 Å². The third kappa shape index (κ3) is 10.1. The number of hydrogen-bond donors (Lipinski definition) is 3. The van der Waals surface area contributed by atoms with Crippen molar-refractivity contribution in [1.29, 1.82) is 0 Å². The Bertz CT molecular complexity index is 430.